The highest BCUT2D eigenvalue weighted by Gasteiger charge is 2.38. The summed E-state index contributed by atoms with van der Waals surface area (Å²) in [6.07, 6.45) is -5.50. The molecular weight excluding hydrogens is 491 g/mol. The number of hydrogen-bond acceptors (Lipinski definition) is 7. The van der Waals surface area contributed by atoms with Gasteiger partial charge in [-0.3, -0.25) is 0 Å². The van der Waals surface area contributed by atoms with Crippen molar-refractivity contribution in [3.05, 3.63) is 42.5 Å². The Hall–Kier alpha value is -3.90. The zero-order chi connectivity index (χ0) is 26.5. The molecule has 0 radical (unpaired) electrons. The zero-order valence-electron chi connectivity index (χ0n) is 19.3. The number of alkyl halides is 5. The molecule has 0 unspecified atom stereocenters. The number of anilines is 3. The Balaban J connectivity index is 0.000000454. The number of carboxylic acids is 1. The fourth-order valence-electron chi connectivity index (χ4n) is 3.37. The van der Waals surface area contributed by atoms with Gasteiger partial charge in [-0.1, -0.05) is 18.2 Å². The lowest BCUT2D eigenvalue weighted by Crippen LogP contribution is -2.40. The van der Waals surface area contributed by atoms with E-state index in [-0.39, 0.29) is 25.9 Å². The Morgan fingerprint density at radius 2 is 1.58 bits per heavy atom. The van der Waals surface area contributed by atoms with Gasteiger partial charge in [0.2, 0.25) is 5.95 Å². The molecule has 1 aliphatic heterocycles. The molecule has 2 heterocycles. The number of hydrogen-bond donors (Lipinski definition) is 2. The minimum atomic E-state index is -5.08. The van der Waals surface area contributed by atoms with E-state index in [0.717, 1.165) is 11.1 Å². The van der Waals surface area contributed by atoms with Crippen molar-refractivity contribution in [2.24, 2.45) is 0 Å². The highest BCUT2D eigenvalue weighted by Crippen LogP contribution is 2.37. The maximum absolute atomic E-state index is 13.6. The number of para-hydroxylation sites is 1. The van der Waals surface area contributed by atoms with Crippen LogP contribution in [0.2, 0.25) is 0 Å². The van der Waals surface area contributed by atoms with E-state index in [2.05, 4.69) is 15.3 Å². The number of ether oxygens (including phenoxy) is 2. The first-order valence-corrected chi connectivity index (χ1v) is 10.6. The summed E-state index contributed by atoms with van der Waals surface area (Å²) in [7, 11) is 3.12. The molecule has 13 heteroatoms. The third kappa shape index (κ3) is 6.61. The number of carboxylic acid groups (broad SMARTS) is 1. The van der Waals surface area contributed by atoms with E-state index < -0.39 is 18.1 Å². The zero-order valence-corrected chi connectivity index (χ0v) is 19.3. The van der Waals surface area contributed by atoms with Crippen molar-refractivity contribution in [2.45, 2.75) is 24.9 Å². The van der Waals surface area contributed by atoms with E-state index in [9.17, 15) is 22.0 Å². The van der Waals surface area contributed by atoms with Crippen LogP contribution in [0.15, 0.2) is 42.5 Å². The maximum Gasteiger partial charge on any atom is 0.490 e. The molecule has 0 spiro atoms. The van der Waals surface area contributed by atoms with Gasteiger partial charge in [0.05, 0.1) is 19.7 Å². The molecule has 0 saturated carbocycles. The summed E-state index contributed by atoms with van der Waals surface area (Å²) in [4.78, 5) is 20.0. The Morgan fingerprint density at radius 1 is 1.03 bits per heavy atom. The summed E-state index contributed by atoms with van der Waals surface area (Å²) in [5.74, 6) is -3.29. The molecule has 0 bridgehead atoms. The van der Waals surface area contributed by atoms with Gasteiger partial charge in [-0.25, -0.2) is 18.6 Å². The average molecular weight is 514 g/mol. The number of nitrogens with zero attached hydrogens (tertiary/aromatic N) is 3. The molecule has 1 aliphatic rings. The first-order valence-electron chi connectivity index (χ1n) is 10.6. The second kappa shape index (κ2) is 10.8. The molecule has 36 heavy (non-hydrogen) atoms. The Labute approximate surface area is 202 Å². The third-order valence-electron chi connectivity index (χ3n) is 5.25. The lowest BCUT2D eigenvalue weighted by molar-refractivity contribution is -0.192. The summed E-state index contributed by atoms with van der Waals surface area (Å²) in [5.41, 5.74) is 1.50. The van der Waals surface area contributed by atoms with Gasteiger partial charge in [-0.15, -0.1) is 0 Å². The molecular formula is C23H23F5N4O4. The average Bonchev–Trinajstić information content (AvgIpc) is 2.83. The number of fused-ring (bicyclic) bond motifs is 1. The molecule has 2 aromatic carbocycles. The first kappa shape index (κ1) is 26.7. The van der Waals surface area contributed by atoms with E-state index in [0.29, 0.717) is 28.8 Å². The highest BCUT2D eigenvalue weighted by atomic mass is 19.4. The van der Waals surface area contributed by atoms with Crippen LogP contribution in [0.25, 0.3) is 10.9 Å². The van der Waals surface area contributed by atoms with Gasteiger partial charge < -0.3 is 24.8 Å². The van der Waals surface area contributed by atoms with Crippen molar-refractivity contribution in [2.75, 3.05) is 37.5 Å². The van der Waals surface area contributed by atoms with Crippen molar-refractivity contribution < 1.29 is 41.3 Å². The van der Waals surface area contributed by atoms with E-state index in [4.69, 9.17) is 19.4 Å². The third-order valence-corrected chi connectivity index (χ3v) is 5.25. The molecule has 2 N–H and O–H groups in total. The molecule has 1 aromatic heterocycles. The highest BCUT2D eigenvalue weighted by molar-refractivity contribution is 5.94. The van der Waals surface area contributed by atoms with E-state index in [1.807, 2.05) is 36.4 Å². The number of nitrogens with one attached hydrogen (secondary N) is 1. The minimum Gasteiger partial charge on any atom is -0.493 e. The van der Waals surface area contributed by atoms with E-state index in [1.165, 1.54) is 0 Å². The molecule has 0 amide bonds. The molecule has 8 nitrogen and oxygen atoms in total. The molecule has 1 fully saturated rings. The van der Waals surface area contributed by atoms with Gasteiger partial charge in [0.1, 0.15) is 5.82 Å². The number of halogens is 5. The molecule has 3 aromatic rings. The van der Waals surface area contributed by atoms with Gasteiger partial charge in [0.25, 0.3) is 5.92 Å². The monoisotopic (exact) mass is 514 g/mol. The van der Waals surface area contributed by atoms with Gasteiger partial charge >= 0.3 is 12.1 Å². The van der Waals surface area contributed by atoms with Crippen molar-refractivity contribution >= 4 is 34.3 Å². The van der Waals surface area contributed by atoms with Crippen molar-refractivity contribution in [3.63, 3.8) is 0 Å². The van der Waals surface area contributed by atoms with Crippen LogP contribution in [0.5, 0.6) is 11.5 Å². The number of aliphatic carboxylic acids is 1. The maximum atomic E-state index is 13.6. The van der Waals surface area contributed by atoms with Crippen LogP contribution < -0.4 is 19.7 Å². The van der Waals surface area contributed by atoms with Crippen LogP contribution >= 0.6 is 0 Å². The largest absolute Gasteiger partial charge is 0.493 e. The second-order valence-electron chi connectivity index (χ2n) is 7.73. The number of aromatic nitrogens is 2. The second-order valence-corrected chi connectivity index (χ2v) is 7.73. The number of rotatable bonds is 5. The summed E-state index contributed by atoms with van der Waals surface area (Å²) in [6, 6.07) is 13.2. The molecule has 1 saturated heterocycles. The van der Waals surface area contributed by atoms with Crippen LogP contribution in [0, 0.1) is 0 Å². The van der Waals surface area contributed by atoms with E-state index >= 15 is 0 Å². The van der Waals surface area contributed by atoms with Crippen LogP contribution in [0.1, 0.15) is 12.8 Å². The summed E-state index contributed by atoms with van der Waals surface area (Å²) in [6.45, 7) is 0.410. The standard InChI is InChI=1S/C21H22F2N4O2.C2HF3O2/c1-28-17-12-15-16(13-18(17)29-2)25-20(27-10-8-21(22,23)9-11-27)26-19(15)24-14-6-4-3-5-7-14;3-2(4,5)1(6)7/h3-7,12-13H,8-11H2,1-2H3,(H,24,25,26);(H,6,7). The molecule has 194 valence electrons. The lowest BCUT2D eigenvalue weighted by Gasteiger charge is -2.32. The Kier molecular flexibility index (Phi) is 8.00. The van der Waals surface area contributed by atoms with Crippen LogP contribution in [0.3, 0.4) is 0 Å². The first-order chi connectivity index (χ1) is 16.9. The van der Waals surface area contributed by atoms with Crippen LogP contribution in [-0.2, 0) is 4.79 Å². The van der Waals surface area contributed by atoms with E-state index in [1.54, 1.807) is 25.2 Å². The number of benzene rings is 2. The van der Waals surface area contributed by atoms with Gasteiger partial charge in [0, 0.05) is 43.1 Å². The molecule has 0 atom stereocenters. The van der Waals surface area contributed by atoms with Crippen molar-refractivity contribution in [1.82, 2.24) is 9.97 Å². The molecule has 4 rings (SSSR count). The number of carbonyl (C=O) groups is 1. The minimum absolute atomic E-state index is 0.205. The predicted molar refractivity (Wildman–Crippen MR) is 122 cm³/mol. The molecule has 0 aliphatic carbocycles. The Morgan fingerprint density at radius 3 is 2.11 bits per heavy atom. The van der Waals surface area contributed by atoms with Gasteiger partial charge in [0.15, 0.2) is 11.5 Å². The number of piperidine rings is 1. The normalized spacial score (nSPS) is 15.0. The van der Waals surface area contributed by atoms with Crippen LogP contribution in [0.4, 0.5) is 39.4 Å². The Bertz CT molecular complexity index is 1200. The van der Waals surface area contributed by atoms with Crippen LogP contribution in [-0.4, -0.2) is 60.5 Å². The van der Waals surface area contributed by atoms with Gasteiger partial charge in [-0.05, 0) is 18.2 Å². The van der Waals surface area contributed by atoms with Gasteiger partial charge in [-0.2, -0.15) is 18.2 Å². The fraction of sp³-hybridized carbons (Fsp3) is 0.348. The smallest absolute Gasteiger partial charge is 0.490 e. The van der Waals surface area contributed by atoms with Crippen molar-refractivity contribution in [1.29, 1.82) is 0 Å². The predicted octanol–water partition coefficient (Wildman–Crippen LogP) is 5.26. The SMILES string of the molecule is COc1cc2nc(N3CCC(F)(F)CC3)nc(Nc3ccccc3)c2cc1OC.O=C(O)C(F)(F)F. The summed E-state index contributed by atoms with van der Waals surface area (Å²) in [5, 5.41) is 11.2. The lowest BCUT2D eigenvalue weighted by atomic mass is 10.1. The summed E-state index contributed by atoms with van der Waals surface area (Å²) >= 11 is 0. The quantitative estimate of drug-likeness (QED) is 0.445. The topological polar surface area (TPSA) is 96.8 Å². The summed E-state index contributed by atoms with van der Waals surface area (Å²) < 4.78 is 69.7. The fourth-order valence-corrected chi connectivity index (χ4v) is 3.37. The van der Waals surface area contributed by atoms with Crippen molar-refractivity contribution in [3.8, 4) is 11.5 Å². The number of methoxy groups -OCH3 is 2.